The molecule has 1 spiro atoms. The average Bonchev–Trinajstić information content (AvgIpc) is 4.22. The van der Waals surface area contributed by atoms with Crippen molar-refractivity contribution in [1.29, 1.82) is 0 Å². The molecule has 0 unspecified atom stereocenters. The number of aromatic nitrogens is 4. The standard InChI is InChI=1S/C58H77N11O7S/c1-36(2)53(57(73)69-33-43(70)29-49(69)56(72)61-37(3)40-9-11-41(12-10-40)54-38(4)60-35-77-54)51-31-52(64-76-51)68-21-15-45(16-22-68)75-44-13-19-66(20-14-44)42-27-39(28-42)32-65-25-26-74-58(34-65)17-23-67(24-18-58)48-30-47(62-63-55(48)59)46-7-5-6-8-50(46)71/h5-12,30-31,35-37,39,42-45,49,53,70-71H,13-29,32-34H2,1-4H3,(H2,59,63)(H,61,72)/t37-,39?,42?,43+,49-,53-/m0/s1. The molecule has 5 aliphatic heterocycles. The van der Waals surface area contributed by atoms with E-state index in [0.29, 0.717) is 34.7 Å². The van der Waals surface area contributed by atoms with E-state index in [0.717, 1.165) is 137 Å². The molecule has 0 radical (unpaired) electrons. The molecule has 11 rings (SSSR count). The summed E-state index contributed by atoms with van der Waals surface area (Å²) in [6.45, 7) is 17.2. The Morgan fingerprint density at radius 2 is 1.64 bits per heavy atom. The van der Waals surface area contributed by atoms with Crippen LogP contribution in [-0.2, 0) is 19.1 Å². The maximum absolute atomic E-state index is 14.4. The van der Waals surface area contributed by atoms with Gasteiger partial charge in [0, 0.05) is 89.5 Å². The van der Waals surface area contributed by atoms with Gasteiger partial charge in [0.1, 0.15) is 17.7 Å². The number of para-hydroxylation sites is 1. The fourth-order valence-electron chi connectivity index (χ4n) is 13.1. The molecule has 2 aromatic carbocycles. The normalized spacial score (nSPS) is 24.6. The van der Waals surface area contributed by atoms with E-state index in [2.05, 4.69) is 45.3 Å². The third-order valence-electron chi connectivity index (χ3n) is 17.6. The van der Waals surface area contributed by atoms with Crippen LogP contribution in [0.3, 0.4) is 0 Å². The number of hydrogen-bond acceptors (Lipinski definition) is 17. The summed E-state index contributed by atoms with van der Waals surface area (Å²) in [5, 5.41) is 37.3. The molecule has 77 heavy (non-hydrogen) atoms. The Kier molecular flexibility index (Phi) is 15.9. The number of hydrogen-bond donors (Lipinski definition) is 4. The van der Waals surface area contributed by atoms with Crippen LogP contribution in [0, 0.1) is 18.8 Å². The molecule has 5 aromatic rings. The molecule has 4 atom stereocenters. The van der Waals surface area contributed by atoms with Crippen LogP contribution in [-0.4, -0.2) is 165 Å². The molecule has 5 N–H and O–H groups in total. The summed E-state index contributed by atoms with van der Waals surface area (Å²) in [5.74, 6) is 1.17. The van der Waals surface area contributed by atoms with Gasteiger partial charge in [-0.1, -0.05) is 55.4 Å². The van der Waals surface area contributed by atoms with Gasteiger partial charge in [-0.2, -0.15) is 0 Å². The lowest BCUT2D eigenvalue weighted by Gasteiger charge is -2.51. The summed E-state index contributed by atoms with van der Waals surface area (Å²) >= 11 is 1.60. The number of carbonyl (C=O) groups excluding carboxylic acids is 2. The summed E-state index contributed by atoms with van der Waals surface area (Å²) in [4.78, 5) is 45.1. The predicted molar refractivity (Wildman–Crippen MR) is 297 cm³/mol. The summed E-state index contributed by atoms with van der Waals surface area (Å²) in [5.41, 5.74) is 13.2. The van der Waals surface area contributed by atoms with Crippen molar-refractivity contribution in [3.05, 3.63) is 83.2 Å². The molecule has 1 aliphatic carbocycles. The Labute approximate surface area is 456 Å². The van der Waals surface area contributed by atoms with Crippen LogP contribution in [0.15, 0.2) is 70.7 Å². The fraction of sp³-hybridized carbons (Fsp3) is 0.586. The summed E-state index contributed by atoms with van der Waals surface area (Å²) < 4.78 is 19.3. The first-order valence-electron chi connectivity index (χ1n) is 28.2. The lowest BCUT2D eigenvalue weighted by atomic mass is 9.77. The highest BCUT2D eigenvalue weighted by Gasteiger charge is 2.45. The van der Waals surface area contributed by atoms with Crippen molar-refractivity contribution in [2.75, 3.05) is 87.6 Å². The van der Waals surface area contributed by atoms with Crippen LogP contribution >= 0.6 is 11.3 Å². The first-order chi connectivity index (χ1) is 37.3. The van der Waals surface area contributed by atoms with E-state index in [4.69, 9.17) is 19.7 Å². The number of phenolic OH excluding ortho intramolecular Hbond substituents is 1. The van der Waals surface area contributed by atoms with Gasteiger partial charge in [0.05, 0.1) is 64.0 Å². The Bertz CT molecular complexity index is 2820. The van der Waals surface area contributed by atoms with E-state index in [1.54, 1.807) is 23.5 Å². The van der Waals surface area contributed by atoms with Crippen molar-refractivity contribution in [2.24, 2.45) is 11.8 Å². The largest absolute Gasteiger partial charge is 0.507 e. The number of phenols is 1. The van der Waals surface area contributed by atoms with Gasteiger partial charge in [-0.25, -0.2) is 4.98 Å². The average molecular weight is 1070 g/mol. The highest BCUT2D eigenvalue weighted by molar-refractivity contribution is 7.13. The number of carbonyl (C=O) groups is 2. The van der Waals surface area contributed by atoms with Gasteiger partial charge in [0.2, 0.25) is 11.8 Å². The second-order valence-electron chi connectivity index (χ2n) is 23.1. The number of nitrogen functional groups attached to an aromatic ring is 1. The Morgan fingerprint density at radius 1 is 0.909 bits per heavy atom. The number of aliphatic hydroxyl groups is 1. The first kappa shape index (κ1) is 53.3. The van der Waals surface area contributed by atoms with Crippen molar-refractivity contribution in [3.63, 3.8) is 0 Å². The predicted octanol–water partition coefficient (Wildman–Crippen LogP) is 7.03. The number of aromatic hydroxyl groups is 1. The van der Waals surface area contributed by atoms with E-state index in [1.807, 2.05) is 81.7 Å². The molecular formula is C58H77N11O7S. The number of nitrogens with one attached hydrogen (secondary N) is 1. The number of piperidine rings is 3. The van der Waals surface area contributed by atoms with Crippen molar-refractivity contribution >= 4 is 40.5 Å². The second-order valence-corrected chi connectivity index (χ2v) is 24.0. The number of ether oxygens (including phenoxy) is 2. The Balaban J connectivity index is 0.597. The number of nitrogens with zero attached hydrogens (tertiary/aromatic N) is 9. The number of β-amino-alcohol motifs (C(OH)–C–C–N with tert-alkyl or cyclic N) is 1. The van der Waals surface area contributed by atoms with Crippen molar-refractivity contribution in [2.45, 2.75) is 133 Å². The second kappa shape index (κ2) is 22.9. The van der Waals surface area contributed by atoms with Crippen molar-refractivity contribution < 1.29 is 33.8 Å². The minimum atomic E-state index is -0.802. The monoisotopic (exact) mass is 1070 g/mol. The van der Waals surface area contributed by atoms with Crippen LogP contribution in [0.5, 0.6) is 5.75 Å². The molecule has 18 nitrogen and oxygen atoms in total. The van der Waals surface area contributed by atoms with E-state index < -0.39 is 18.1 Å². The number of benzene rings is 2. The molecule has 2 amide bonds. The molecule has 0 bridgehead atoms. The maximum atomic E-state index is 14.4. The number of anilines is 3. The Hall–Kier alpha value is -5.70. The topological polar surface area (TPSA) is 212 Å². The van der Waals surface area contributed by atoms with Crippen LogP contribution in [0.4, 0.5) is 17.3 Å². The minimum absolute atomic E-state index is 0.0839. The molecule has 5 saturated heterocycles. The number of thiazole rings is 1. The molecule has 8 heterocycles. The molecule has 1 saturated carbocycles. The summed E-state index contributed by atoms with van der Waals surface area (Å²) in [7, 11) is 0. The maximum Gasteiger partial charge on any atom is 0.243 e. The summed E-state index contributed by atoms with van der Waals surface area (Å²) in [6.07, 6.45) is 8.15. The number of aryl methyl sites for hydroxylation is 1. The number of amides is 2. The van der Waals surface area contributed by atoms with Crippen LogP contribution in [0.1, 0.15) is 108 Å². The highest BCUT2D eigenvalue weighted by Crippen LogP contribution is 2.40. The van der Waals surface area contributed by atoms with E-state index >= 15 is 0 Å². The van der Waals surface area contributed by atoms with E-state index in [1.165, 1.54) is 17.7 Å². The molecule has 3 aromatic heterocycles. The zero-order valence-electron chi connectivity index (χ0n) is 45.1. The van der Waals surface area contributed by atoms with Crippen molar-refractivity contribution in [1.82, 2.24) is 40.4 Å². The number of nitrogens with two attached hydrogens (primary N) is 1. The third-order valence-corrected chi connectivity index (χ3v) is 18.6. The zero-order valence-corrected chi connectivity index (χ0v) is 46.0. The van der Waals surface area contributed by atoms with Crippen LogP contribution < -0.4 is 20.9 Å². The highest BCUT2D eigenvalue weighted by atomic mass is 32.1. The van der Waals surface area contributed by atoms with Crippen molar-refractivity contribution in [3.8, 4) is 27.4 Å². The smallest absolute Gasteiger partial charge is 0.243 e. The number of aliphatic hydroxyl groups excluding tert-OH is 1. The Morgan fingerprint density at radius 3 is 2.34 bits per heavy atom. The van der Waals surface area contributed by atoms with Gasteiger partial charge in [0.15, 0.2) is 17.4 Å². The lowest BCUT2D eigenvalue weighted by Crippen LogP contribution is -2.59. The van der Waals surface area contributed by atoms with Gasteiger partial charge in [0.25, 0.3) is 0 Å². The van der Waals surface area contributed by atoms with Gasteiger partial charge >= 0.3 is 0 Å². The number of likely N-dealkylation sites (tertiary alicyclic amines) is 2. The van der Waals surface area contributed by atoms with E-state index in [-0.39, 0.29) is 60.3 Å². The quantitative estimate of drug-likeness (QED) is 0.0829. The molecule has 19 heteroatoms. The van der Waals surface area contributed by atoms with E-state index in [9.17, 15) is 19.8 Å². The third kappa shape index (κ3) is 11.7. The van der Waals surface area contributed by atoms with Crippen LogP contribution in [0.25, 0.3) is 21.7 Å². The molecule has 412 valence electrons. The summed E-state index contributed by atoms with van der Waals surface area (Å²) in [6, 6.07) is 18.7. The fourth-order valence-corrected chi connectivity index (χ4v) is 13.9. The lowest BCUT2D eigenvalue weighted by molar-refractivity contribution is -0.141. The number of morpholine rings is 1. The van der Waals surface area contributed by atoms with Crippen LogP contribution in [0.2, 0.25) is 0 Å². The minimum Gasteiger partial charge on any atom is -0.507 e. The van der Waals surface area contributed by atoms with Gasteiger partial charge < -0.3 is 54.9 Å². The molecular weight excluding hydrogens is 995 g/mol. The van der Waals surface area contributed by atoms with Gasteiger partial charge in [-0.05, 0) is 106 Å². The number of rotatable bonds is 15. The SMILES string of the molecule is Cc1ncsc1-c1ccc([C@H](C)NC(=O)[C@@H]2C[C@@H](O)CN2C(=O)[C@H](c2cc(N3CCC(OC4CCN(C5CC(CN6CCOC7(CCN(c8cc(-c9ccccc9O)nnc8N)CC7)C6)C5)CC4)CC3)no2)C(C)C)cc1. The zero-order chi connectivity index (χ0) is 53.4. The van der Waals surface area contributed by atoms with Gasteiger partial charge in [-0.3, -0.25) is 14.5 Å². The molecule has 6 fully saturated rings. The molecule has 6 aliphatic rings. The first-order valence-corrected chi connectivity index (χ1v) is 29.1. The van der Waals surface area contributed by atoms with Gasteiger partial charge in [-0.15, -0.1) is 21.5 Å².